The summed E-state index contributed by atoms with van der Waals surface area (Å²) in [6.45, 7) is -0.315. The first-order valence-electron chi connectivity index (χ1n) is 11.9. The number of carboxylic acid groups (broad SMARTS) is 1. The molecule has 3 N–H and O–H groups in total. The molecule has 9 nitrogen and oxygen atoms in total. The van der Waals surface area contributed by atoms with Crippen molar-refractivity contribution >= 4 is 41.1 Å². The molecule has 0 aromatic heterocycles. The number of benzene rings is 3. The Morgan fingerprint density at radius 3 is 2.08 bits per heavy atom. The molecule has 4 rings (SSSR count). The first-order chi connectivity index (χ1) is 19.0. The van der Waals surface area contributed by atoms with Crippen molar-refractivity contribution in [2.24, 2.45) is 0 Å². The van der Waals surface area contributed by atoms with E-state index in [1.54, 1.807) is 0 Å². The Hall–Kier alpha value is -4.58. The second-order valence-corrected chi connectivity index (χ2v) is 9.31. The molecule has 0 spiro atoms. The van der Waals surface area contributed by atoms with Gasteiger partial charge in [-0.25, -0.2) is 18.0 Å². The lowest BCUT2D eigenvalue weighted by molar-refractivity contribution is -0.138. The van der Waals surface area contributed by atoms with E-state index in [1.807, 2.05) is 0 Å². The fourth-order valence-electron chi connectivity index (χ4n) is 4.28. The number of hydrogen-bond acceptors (Lipinski definition) is 4. The van der Waals surface area contributed by atoms with Gasteiger partial charge in [-0.1, -0.05) is 23.7 Å². The van der Waals surface area contributed by atoms with Crippen molar-refractivity contribution in [3.8, 4) is 0 Å². The molecule has 2 unspecified atom stereocenters. The van der Waals surface area contributed by atoms with Crippen molar-refractivity contribution in [2.75, 3.05) is 18.4 Å². The van der Waals surface area contributed by atoms with Gasteiger partial charge in [-0.2, -0.15) is 0 Å². The average molecular weight is 575 g/mol. The van der Waals surface area contributed by atoms with Gasteiger partial charge in [0.05, 0.1) is 12.5 Å². The highest BCUT2D eigenvalue weighted by molar-refractivity contribution is 6.30. The molecule has 1 aliphatic rings. The third-order valence-electron chi connectivity index (χ3n) is 6.10. The first kappa shape index (κ1) is 28.4. The van der Waals surface area contributed by atoms with Gasteiger partial charge < -0.3 is 20.6 Å². The molecular weight excluding hydrogens is 553 g/mol. The van der Waals surface area contributed by atoms with E-state index in [-0.39, 0.29) is 18.7 Å². The molecule has 1 fully saturated rings. The van der Waals surface area contributed by atoms with Crippen molar-refractivity contribution in [1.82, 2.24) is 15.1 Å². The molecule has 13 heteroatoms. The highest BCUT2D eigenvalue weighted by atomic mass is 35.5. The number of carboxylic acids is 1. The fourth-order valence-corrected chi connectivity index (χ4v) is 4.40. The third-order valence-corrected chi connectivity index (χ3v) is 6.35. The van der Waals surface area contributed by atoms with Gasteiger partial charge in [-0.15, -0.1) is 0 Å². The predicted molar refractivity (Wildman–Crippen MR) is 138 cm³/mol. The second kappa shape index (κ2) is 12.1. The summed E-state index contributed by atoms with van der Waals surface area (Å²) in [4.78, 5) is 53.6. The number of rotatable bonds is 7. The number of carbonyl (C=O) groups is 4. The lowest BCUT2D eigenvalue weighted by Crippen LogP contribution is -2.55. The molecule has 1 aliphatic heterocycles. The number of hydrogen-bond donors (Lipinski definition) is 3. The minimum atomic E-state index is -1.62. The van der Waals surface area contributed by atoms with Crippen LogP contribution in [0.15, 0.2) is 66.7 Å². The van der Waals surface area contributed by atoms with Crippen LogP contribution in [0.2, 0.25) is 5.02 Å². The molecule has 4 amide bonds. The predicted octanol–water partition coefficient (Wildman–Crippen LogP) is 4.41. The molecule has 3 aromatic carbocycles. The van der Waals surface area contributed by atoms with Crippen LogP contribution in [-0.4, -0.2) is 58.0 Å². The van der Waals surface area contributed by atoms with Gasteiger partial charge in [0.15, 0.2) is 6.17 Å². The first-order valence-corrected chi connectivity index (χ1v) is 12.3. The normalized spacial score (nSPS) is 15.4. The van der Waals surface area contributed by atoms with Crippen LogP contribution in [0, 0.1) is 17.5 Å². The van der Waals surface area contributed by atoms with Crippen LogP contribution in [-0.2, 0) is 9.59 Å². The van der Waals surface area contributed by atoms with E-state index >= 15 is 0 Å². The minimum Gasteiger partial charge on any atom is -0.481 e. The maximum atomic E-state index is 13.9. The van der Waals surface area contributed by atoms with E-state index in [4.69, 9.17) is 11.6 Å². The Kier molecular flexibility index (Phi) is 8.58. The summed E-state index contributed by atoms with van der Waals surface area (Å²) in [6.07, 6.45) is -2.22. The molecule has 0 aliphatic carbocycles. The van der Waals surface area contributed by atoms with Crippen LogP contribution in [0.4, 0.5) is 23.7 Å². The van der Waals surface area contributed by atoms with E-state index in [0.717, 1.165) is 34.1 Å². The van der Waals surface area contributed by atoms with Crippen molar-refractivity contribution in [3.63, 3.8) is 0 Å². The molecule has 2 atom stereocenters. The molecule has 0 saturated carbocycles. The maximum Gasteiger partial charge on any atom is 0.323 e. The van der Waals surface area contributed by atoms with Crippen LogP contribution in [0.25, 0.3) is 0 Å². The number of carbonyl (C=O) groups excluding carboxylic acids is 3. The molecule has 1 heterocycles. The number of nitrogens with one attached hydrogen (secondary N) is 2. The largest absolute Gasteiger partial charge is 0.481 e. The quantitative estimate of drug-likeness (QED) is 0.386. The highest BCUT2D eigenvalue weighted by Gasteiger charge is 2.44. The lowest BCUT2D eigenvalue weighted by atomic mass is 10.0. The third kappa shape index (κ3) is 6.70. The van der Waals surface area contributed by atoms with Gasteiger partial charge in [-0.05, 0) is 54.1 Å². The van der Waals surface area contributed by atoms with E-state index in [2.05, 4.69) is 10.6 Å². The number of aliphatic carboxylic acids is 1. The Morgan fingerprint density at radius 1 is 0.875 bits per heavy atom. The van der Waals surface area contributed by atoms with Crippen molar-refractivity contribution in [1.29, 1.82) is 0 Å². The lowest BCUT2D eigenvalue weighted by Gasteiger charge is -2.31. The summed E-state index contributed by atoms with van der Waals surface area (Å²) in [5.41, 5.74) is 0.203. The summed E-state index contributed by atoms with van der Waals surface area (Å²) in [5.74, 6) is -5.76. The van der Waals surface area contributed by atoms with Crippen molar-refractivity contribution < 1.29 is 37.5 Å². The molecule has 0 radical (unpaired) electrons. The molecule has 1 saturated heterocycles. The SMILES string of the molecule is O=C(O)CC(NC(=O)C1N(C(=O)Nc2ccc(Cl)cc2)CCN1C(=O)c1cc(F)cc(F)c1)c1ccc(F)cc1. The number of halogens is 4. The van der Waals surface area contributed by atoms with Gasteiger partial charge >= 0.3 is 12.0 Å². The zero-order valence-electron chi connectivity index (χ0n) is 20.6. The fraction of sp³-hybridized carbons (Fsp3) is 0.185. The van der Waals surface area contributed by atoms with Gasteiger partial charge in [0, 0.05) is 35.4 Å². The molecular formula is C27H22ClF3N4O5. The van der Waals surface area contributed by atoms with Gasteiger partial charge in [0.25, 0.3) is 11.8 Å². The summed E-state index contributed by atoms with van der Waals surface area (Å²) in [5, 5.41) is 14.9. The van der Waals surface area contributed by atoms with E-state index < -0.39 is 65.5 Å². The molecule has 40 heavy (non-hydrogen) atoms. The Bertz CT molecular complexity index is 1420. The summed E-state index contributed by atoms with van der Waals surface area (Å²) < 4.78 is 41.2. The number of anilines is 1. The van der Waals surface area contributed by atoms with Crippen LogP contribution < -0.4 is 10.6 Å². The zero-order valence-corrected chi connectivity index (χ0v) is 21.4. The number of amides is 4. The smallest absolute Gasteiger partial charge is 0.323 e. The number of nitrogens with zero attached hydrogens (tertiary/aromatic N) is 2. The van der Waals surface area contributed by atoms with E-state index in [9.17, 15) is 37.5 Å². The summed E-state index contributed by atoms with van der Waals surface area (Å²) in [7, 11) is 0. The van der Waals surface area contributed by atoms with Gasteiger partial charge in [-0.3, -0.25) is 19.3 Å². The Labute approximate surface area is 231 Å². The van der Waals surface area contributed by atoms with Crippen molar-refractivity contribution in [3.05, 3.63) is 100 Å². The Morgan fingerprint density at radius 2 is 1.48 bits per heavy atom. The van der Waals surface area contributed by atoms with E-state index in [1.165, 1.54) is 36.4 Å². The molecule has 0 bridgehead atoms. The summed E-state index contributed by atoms with van der Waals surface area (Å²) >= 11 is 5.88. The van der Waals surface area contributed by atoms with Crippen LogP contribution in [0.1, 0.15) is 28.4 Å². The molecule has 208 valence electrons. The van der Waals surface area contributed by atoms with Crippen LogP contribution >= 0.6 is 11.6 Å². The maximum absolute atomic E-state index is 13.9. The molecule has 3 aromatic rings. The average Bonchev–Trinajstić information content (AvgIpc) is 3.34. The standard InChI is InChI=1S/C27H22ClF3N4O5/c28-17-3-7-21(8-4-17)32-27(40)35-10-9-34(26(39)16-11-19(30)13-20(31)12-16)25(35)24(38)33-22(14-23(36)37)15-1-5-18(29)6-2-15/h1-8,11-13,22,25H,9-10,14H2,(H,32,40)(H,33,38)(H,36,37). The minimum absolute atomic E-state index is 0.138. The summed E-state index contributed by atoms with van der Waals surface area (Å²) in [6, 6.07) is 11.1. The van der Waals surface area contributed by atoms with Crippen LogP contribution in [0.3, 0.4) is 0 Å². The monoisotopic (exact) mass is 574 g/mol. The Balaban J connectivity index is 1.66. The second-order valence-electron chi connectivity index (χ2n) is 8.87. The number of urea groups is 1. The van der Waals surface area contributed by atoms with Crippen molar-refractivity contribution in [2.45, 2.75) is 18.6 Å². The highest BCUT2D eigenvalue weighted by Crippen LogP contribution is 2.24. The van der Waals surface area contributed by atoms with Crippen LogP contribution in [0.5, 0.6) is 0 Å². The zero-order chi connectivity index (χ0) is 29.0. The van der Waals surface area contributed by atoms with E-state index in [0.29, 0.717) is 16.8 Å². The van der Waals surface area contributed by atoms with Gasteiger partial charge in [0.2, 0.25) is 0 Å². The topological polar surface area (TPSA) is 119 Å². The van der Waals surface area contributed by atoms with Gasteiger partial charge in [0.1, 0.15) is 17.5 Å².